The Labute approximate surface area is 104 Å². The summed E-state index contributed by atoms with van der Waals surface area (Å²) in [6.45, 7) is 0. The zero-order valence-electron chi connectivity index (χ0n) is 9.95. The minimum Gasteiger partial charge on any atom is -0.388 e. The van der Waals surface area contributed by atoms with Gasteiger partial charge in [-0.2, -0.15) is 0 Å². The number of nitrogens with two attached hydrogens (primary N) is 1. The molecule has 1 heterocycles. The summed E-state index contributed by atoms with van der Waals surface area (Å²) < 4.78 is 0. The molecule has 3 rings (SSSR count). The first-order valence-corrected chi connectivity index (χ1v) is 5.72. The number of carbonyl (C=O) groups is 1. The van der Waals surface area contributed by atoms with Gasteiger partial charge in [-0.15, -0.1) is 0 Å². The molecule has 0 atom stereocenters. The molecule has 0 fully saturated rings. The van der Waals surface area contributed by atoms with Crippen LogP contribution in [0.5, 0.6) is 0 Å². The first kappa shape index (κ1) is 10.7. The van der Waals surface area contributed by atoms with Crippen molar-refractivity contribution in [2.24, 2.45) is 5.73 Å². The predicted molar refractivity (Wildman–Crippen MR) is 73.9 cm³/mol. The van der Waals surface area contributed by atoms with E-state index in [-0.39, 0.29) is 0 Å². The van der Waals surface area contributed by atoms with Gasteiger partial charge >= 0.3 is 0 Å². The van der Waals surface area contributed by atoms with Gasteiger partial charge in [0.15, 0.2) is 0 Å². The highest BCUT2D eigenvalue weighted by atomic mass is 16.1. The number of rotatable bonds is 2. The number of amides is 1. The van der Waals surface area contributed by atoms with Crippen molar-refractivity contribution >= 4 is 33.4 Å². The molecule has 2 aromatic carbocycles. The van der Waals surface area contributed by atoms with Crippen molar-refractivity contribution in [2.75, 3.05) is 12.4 Å². The van der Waals surface area contributed by atoms with Crippen LogP contribution in [0.3, 0.4) is 0 Å². The summed E-state index contributed by atoms with van der Waals surface area (Å²) in [5.74, 6) is -0.406. The first-order valence-electron chi connectivity index (χ1n) is 5.72. The van der Waals surface area contributed by atoms with Crippen LogP contribution in [0.15, 0.2) is 36.4 Å². The maximum absolute atomic E-state index is 11.2. The van der Waals surface area contributed by atoms with Gasteiger partial charge < -0.3 is 16.0 Å². The lowest BCUT2D eigenvalue weighted by molar-refractivity contribution is 0.100. The molecule has 0 aliphatic carbocycles. The summed E-state index contributed by atoms with van der Waals surface area (Å²) in [5.41, 5.74) is 8.92. The normalized spacial score (nSPS) is 10.9. The van der Waals surface area contributed by atoms with E-state index in [0.29, 0.717) is 5.56 Å². The molecular weight excluding hydrogens is 226 g/mol. The van der Waals surface area contributed by atoms with Gasteiger partial charge in [-0.3, -0.25) is 4.79 Å². The third kappa shape index (κ3) is 1.50. The molecule has 0 spiro atoms. The summed E-state index contributed by atoms with van der Waals surface area (Å²) in [5, 5.41) is 5.20. The van der Waals surface area contributed by atoms with Gasteiger partial charge in [0.25, 0.3) is 0 Å². The van der Waals surface area contributed by atoms with Crippen LogP contribution in [0.4, 0.5) is 5.69 Å². The third-order valence-corrected chi connectivity index (χ3v) is 3.17. The number of carbonyl (C=O) groups excluding carboxylic acids is 1. The number of hydrogen-bond donors (Lipinski definition) is 3. The van der Waals surface area contributed by atoms with Crippen LogP contribution in [0, 0.1) is 0 Å². The second kappa shape index (κ2) is 3.77. The number of anilines is 1. The van der Waals surface area contributed by atoms with Crippen LogP contribution < -0.4 is 11.1 Å². The fourth-order valence-electron chi connectivity index (χ4n) is 2.21. The lowest BCUT2D eigenvalue weighted by atomic mass is 10.1. The zero-order valence-corrected chi connectivity index (χ0v) is 9.95. The third-order valence-electron chi connectivity index (χ3n) is 3.17. The van der Waals surface area contributed by atoms with Crippen LogP contribution in [0.25, 0.3) is 21.8 Å². The molecule has 3 aromatic rings. The van der Waals surface area contributed by atoms with Crippen molar-refractivity contribution in [1.82, 2.24) is 4.98 Å². The molecule has 0 saturated carbocycles. The summed E-state index contributed by atoms with van der Waals surface area (Å²) in [7, 11) is 1.88. The fourth-order valence-corrected chi connectivity index (χ4v) is 2.21. The maximum atomic E-state index is 11.2. The van der Waals surface area contributed by atoms with Crippen molar-refractivity contribution in [3.63, 3.8) is 0 Å². The molecule has 1 amide bonds. The van der Waals surface area contributed by atoms with Crippen LogP contribution in [0.1, 0.15) is 10.4 Å². The van der Waals surface area contributed by atoms with Crippen LogP contribution in [-0.2, 0) is 0 Å². The number of H-pyrrole nitrogens is 1. The molecule has 0 radical (unpaired) electrons. The number of aromatic amines is 1. The molecule has 18 heavy (non-hydrogen) atoms. The Morgan fingerprint density at radius 1 is 1.11 bits per heavy atom. The molecule has 0 unspecified atom stereocenters. The average molecular weight is 239 g/mol. The second-order valence-electron chi connectivity index (χ2n) is 4.26. The van der Waals surface area contributed by atoms with Gasteiger partial charge in [-0.05, 0) is 36.4 Å². The van der Waals surface area contributed by atoms with E-state index in [1.54, 1.807) is 6.07 Å². The minimum atomic E-state index is -0.406. The zero-order chi connectivity index (χ0) is 12.7. The van der Waals surface area contributed by atoms with Crippen molar-refractivity contribution < 1.29 is 4.79 Å². The maximum Gasteiger partial charge on any atom is 0.248 e. The van der Waals surface area contributed by atoms with Gasteiger partial charge in [-0.25, -0.2) is 0 Å². The quantitative estimate of drug-likeness (QED) is 0.642. The molecular formula is C14H13N3O. The molecule has 0 saturated heterocycles. The van der Waals surface area contributed by atoms with E-state index in [2.05, 4.69) is 16.4 Å². The summed E-state index contributed by atoms with van der Waals surface area (Å²) in [6, 6.07) is 11.5. The van der Waals surface area contributed by atoms with Gasteiger partial charge in [-0.1, -0.05) is 0 Å². The van der Waals surface area contributed by atoms with Gasteiger partial charge in [0.05, 0.1) is 0 Å². The summed E-state index contributed by atoms with van der Waals surface area (Å²) in [6.07, 6.45) is 0. The highest BCUT2D eigenvalue weighted by molar-refractivity contribution is 6.10. The highest BCUT2D eigenvalue weighted by Crippen LogP contribution is 2.28. The van der Waals surface area contributed by atoms with E-state index < -0.39 is 5.91 Å². The van der Waals surface area contributed by atoms with Gasteiger partial charge in [0, 0.05) is 40.1 Å². The molecule has 90 valence electrons. The first-order chi connectivity index (χ1) is 8.69. The van der Waals surface area contributed by atoms with Crippen molar-refractivity contribution in [3.05, 3.63) is 42.0 Å². The molecule has 4 nitrogen and oxygen atoms in total. The largest absolute Gasteiger partial charge is 0.388 e. The summed E-state index contributed by atoms with van der Waals surface area (Å²) in [4.78, 5) is 14.5. The SMILES string of the molecule is CNc1ccc2[nH]c3ccc(C(N)=O)cc3c2c1. The molecule has 4 heteroatoms. The Bertz CT molecular complexity index is 758. The van der Waals surface area contributed by atoms with Crippen LogP contribution in [0.2, 0.25) is 0 Å². The van der Waals surface area contributed by atoms with E-state index >= 15 is 0 Å². The topological polar surface area (TPSA) is 70.9 Å². The lowest BCUT2D eigenvalue weighted by Crippen LogP contribution is -2.10. The summed E-state index contributed by atoms with van der Waals surface area (Å²) >= 11 is 0. The Morgan fingerprint density at radius 2 is 1.78 bits per heavy atom. The van der Waals surface area contributed by atoms with Crippen molar-refractivity contribution in [2.45, 2.75) is 0 Å². The Morgan fingerprint density at radius 3 is 2.44 bits per heavy atom. The smallest absolute Gasteiger partial charge is 0.248 e. The minimum absolute atomic E-state index is 0.406. The Kier molecular flexibility index (Phi) is 2.23. The van der Waals surface area contributed by atoms with E-state index in [1.165, 1.54) is 0 Å². The molecule has 0 aliphatic rings. The monoisotopic (exact) mass is 239 g/mol. The van der Waals surface area contributed by atoms with Crippen molar-refractivity contribution in [1.29, 1.82) is 0 Å². The number of aromatic nitrogens is 1. The fraction of sp³-hybridized carbons (Fsp3) is 0.0714. The number of primary amides is 1. The van der Waals surface area contributed by atoms with Crippen molar-refractivity contribution in [3.8, 4) is 0 Å². The van der Waals surface area contributed by atoms with E-state index in [0.717, 1.165) is 27.5 Å². The number of benzene rings is 2. The van der Waals surface area contributed by atoms with E-state index in [4.69, 9.17) is 5.73 Å². The molecule has 1 aromatic heterocycles. The standard InChI is InChI=1S/C14H13N3O/c1-16-9-3-5-13-11(7-9)10-6-8(14(15)18)2-4-12(10)17-13/h2-7,16-17H,1H3,(H2,15,18). The van der Waals surface area contributed by atoms with Crippen LogP contribution in [-0.4, -0.2) is 17.9 Å². The number of hydrogen-bond acceptors (Lipinski definition) is 2. The predicted octanol–water partition coefficient (Wildman–Crippen LogP) is 2.46. The highest BCUT2D eigenvalue weighted by Gasteiger charge is 2.07. The Balaban J connectivity index is 2.37. The lowest BCUT2D eigenvalue weighted by Gasteiger charge is -1.99. The van der Waals surface area contributed by atoms with Crippen LogP contribution >= 0.6 is 0 Å². The van der Waals surface area contributed by atoms with E-state index in [1.807, 2.05) is 31.3 Å². The Hall–Kier alpha value is -2.49. The van der Waals surface area contributed by atoms with E-state index in [9.17, 15) is 4.79 Å². The van der Waals surface area contributed by atoms with Gasteiger partial charge in [0.1, 0.15) is 0 Å². The molecule has 4 N–H and O–H groups in total. The molecule has 0 bridgehead atoms. The number of fused-ring (bicyclic) bond motifs is 3. The molecule has 0 aliphatic heterocycles. The second-order valence-corrected chi connectivity index (χ2v) is 4.26. The van der Waals surface area contributed by atoms with Gasteiger partial charge in [0.2, 0.25) is 5.91 Å². The average Bonchev–Trinajstić information content (AvgIpc) is 2.75. The number of nitrogens with one attached hydrogen (secondary N) is 2.